The molecular weight excluding hydrogens is 306 g/mol. The summed E-state index contributed by atoms with van der Waals surface area (Å²) in [5.41, 5.74) is 4.89. The van der Waals surface area contributed by atoms with Crippen LogP contribution in [0.2, 0.25) is 0 Å². The molecule has 0 aromatic carbocycles. The Kier molecular flexibility index (Phi) is 19.5. The minimum absolute atomic E-state index is 0.614. The highest BCUT2D eigenvalue weighted by molar-refractivity contribution is 5.92. The van der Waals surface area contributed by atoms with Gasteiger partial charge >= 0.3 is 0 Å². The summed E-state index contributed by atoms with van der Waals surface area (Å²) >= 11 is 0. The molecule has 2 N–H and O–H groups in total. The van der Waals surface area contributed by atoms with Crippen molar-refractivity contribution >= 4 is 5.91 Å². The van der Waals surface area contributed by atoms with E-state index in [1.807, 2.05) is 0 Å². The smallest absolute Gasteiger partial charge is 0.294 e. The van der Waals surface area contributed by atoms with Gasteiger partial charge in [-0.1, -0.05) is 109 Å². The third kappa shape index (κ3) is 22.6. The molecule has 0 fully saturated rings. The van der Waals surface area contributed by atoms with Gasteiger partial charge in [-0.3, -0.25) is 4.79 Å². The fourth-order valence-electron chi connectivity index (χ4n) is 2.96. The Hall–Kier alpha value is -1.41. The van der Waals surface area contributed by atoms with Crippen LogP contribution < -0.4 is 5.73 Å². The predicted octanol–water partition coefficient (Wildman–Crippen LogP) is 6.13. The second kappa shape index (κ2) is 20.6. The maximum atomic E-state index is 10.4. The van der Waals surface area contributed by atoms with Crippen molar-refractivity contribution in [2.45, 2.75) is 116 Å². The fourth-order valence-corrected chi connectivity index (χ4v) is 2.96. The van der Waals surface area contributed by atoms with E-state index in [2.05, 4.69) is 30.6 Å². The molecule has 0 spiro atoms. The normalized spacial score (nSPS) is 9.80. The van der Waals surface area contributed by atoms with Crippen molar-refractivity contribution in [3.05, 3.63) is 0 Å². The highest BCUT2D eigenvalue weighted by Crippen LogP contribution is 2.13. The van der Waals surface area contributed by atoms with E-state index in [9.17, 15) is 4.79 Å². The van der Waals surface area contributed by atoms with Crippen LogP contribution in [0.5, 0.6) is 0 Å². The van der Waals surface area contributed by atoms with Crippen molar-refractivity contribution in [2.75, 3.05) is 0 Å². The molecule has 0 aromatic rings. The summed E-state index contributed by atoms with van der Waals surface area (Å²) < 4.78 is 0. The third-order valence-electron chi connectivity index (χ3n) is 4.49. The van der Waals surface area contributed by atoms with Gasteiger partial charge in [0.1, 0.15) is 0 Å². The average molecular weight is 346 g/mol. The maximum Gasteiger partial charge on any atom is 0.294 e. The van der Waals surface area contributed by atoms with Gasteiger partial charge in [0, 0.05) is 12.3 Å². The first-order chi connectivity index (χ1) is 12.3. The first-order valence-corrected chi connectivity index (χ1v) is 10.6. The molecule has 0 aromatic heterocycles. The molecule has 142 valence electrons. The van der Waals surface area contributed by atoms with Crippen molar-refractivity contribution in [3.8, 4) is 23.7 Å². The molecule has 1 amide bonds. The van der Waals surface area contributed by atoms with Gasteiger partial charge in [-0.15, -0.1) is 0 Å². The molecule has 0 radical (unpaired) electrons. The zero-order valence-electron chi connectivity index (χ0n) is 16.5. The van der Waals surface area contributed by atoms with Gasteiger partial charge < -0.3 is 5.73 Å². The van der Waals surface area contributed by atoms with Crippen LogP contribution in [0.25, 0.3) is 0 Å². The number of primary amides is 1. The van der Waals surface area contributed by atoms with Crippen LogP contribution in [0.4, 0.5) is 0 Å². The van der Waals surface area contributed by atoms with Gasteiger partial charge in [-0.05, 0) is 18.3 Å². The van der Waals surface area contributed by atoms with E-state index in [1.54, 1.807) is 0 Å². The second-order valence-corrected chi connectivity index (χ2v) is 6.97. The van der Waals surface area contributed by atoms with Crippen molar-refractivity contribution < 1.29 is 4.79 Å². The van der Waals surface area contributed by atoms with Crippen LogP contribution >= 0.6 is 0 Å². The van der Waals surface area contributed by atoms with E-state index in [-0.39, 0.29) is 0 Å². The Morgan fingerprint density at radius 3 is 1.44 bits per heavy atom. The Morgan fingerprint density at radius 2 is 1.04 bits per heavy atom. The fraction of sp³-hybridized carbons (Fsp3) is 0.783. The van der Waals surface area contributed by atoms with Crippen LogP contribution in [-0.2, 0) is 4.79 Å². The Morgan fingerprint density at radius 1 is 0.640 bits per heavy atom. The van der Waals surface area contributed by atoms with Gasteiger partial charge in [0.2, 0.25) is 0 Å². The van der Waals surface area contributed by atoms with Gasteiger partial charge in [-0.2, -0.15) is 0 Å². The molecule has 0 aliphatic rings. The zero-order valence-corrected chi connectivity index (χ0v) is 16.5. The molecule has 0 bridgehead atoms. The molecule has 0 saturated carbocycles. The van der Waals surface area contributed by atoms with Crippen molar-refractivity contribution in [3.63, 3.8) is 0 Å². The minimum Gasteiger partial charge on any atom is -0.359 e. The molecule has 0 rings (SSSR count). The van der Waals surface area contributed by atoms with Gasteiger partial charge in [-0.25, -0.2) is 0 Å². The summed E-state index contributed by atoms with van der Waals surface area (Å²) in [6.45, 7) is 2.28. The molecular formula is C23H39NO. The quantitative estimate of drug-likeness (QED) is 0.265. The Bertz CT molecular complexity index is 419. The van der Waals surface area contributed by atoms with E-state index in [0.717, 1.165) is 12.8 Å². The standard InChI is InChI=1S/C23H39NO/c1-2-3-4-5-6-7-8-9-10-11-12-13-14-15-16-17-18-19-20-21-22-23(24)25/h2-18H2,1H3,(H2,24,25). The Labute approximate surface area is 156 Å². The molecule has 2 heteroatoms. The molecule has 0 atom stereocenters. The number of amides is 1. The molecule has 0 aliphatic heterocycles. The van der Waals surface area contributed by atoms with E-state index in [1.165, 1.54) is 96.3 Å². The third-order valence-corrected chi connectivity index (χ3v) is 4.49. The first-order valence-electron chi connectivity index (χ1n) is 10.6. The lowest BCUT2D eigenvalue weighted by molar-refractivity contribution is -0.112. The highest BCUT2D eigenvalue weighted by atomic mass is 16.1. The summed E-state index contributed by atoms with van der Waals surface area (Å²) in [5, 5.41) is 0. The molecule has 0 saturated heterocycles. The van der Waals surface area contributed by atoms with E-state index < -0.39 is 5.91 Å². The van der Waals surface area contributed by atoms with Gasteiger partial charge in [0.05, 0.1) is 0 Å². The lowest BCUT2D eigenvalue weighted by Crippen LogP contribution is -2.05. The van der Waals surface area contributed by atoms with Gasteiger partial charge in [0.15, 0.2) is 0 Å². The number of nitrogens with two attached hydrogens (primary N) is 1. The van der Waals surface area contributed by atoms with Crippen LogP contribution in [0.15, 0.2) is 0 Å². The number of carbonyl (C=O) groups excluding carboxylic acids is 1. The molecule has 0 aliphatic carbocycles. The van der Waals surface area contributed by atoms with Gasteiger partial charge in [0.25, 0.3) is 5.91 Å². The molecule has 0 unspecified atom stereocenters. The van der Waals surface area contributed by atoms with Crippen molar-refractivity contribution in [2.24, 2.45) is 5.73 Å². The van der Waals surface area contributed by atoms with E-state index in [0.29, 0.717) is 0 Å². The zero-order chi connectivity index (χ0) is 18.4. The lowest BCUT2D eigenvalue weighted by atomic mass is 10.0. The minimum atomic E-state index is -0.614. The monoisotopic (exact) mass is 345 g/mol. The topological polar surface area (TPSA) is 43.1 Å². The number of rotatable bonds is 16. The number of hydrogen-bond donors (Lipinski definition) is 1. The molecule has 0 heterocycles. The molecule has 25 heavy (non-hydrogen) atoms. The lowest BCUT2D eigenvalue weighted by Gasteiger charge is -2.03. The average Bonchev–Trinajstić information content (AvgIpc) is 2.60. The summed E-state index contributed by atoms with van der Waals surface area (Å²) in [5.74, 6) is 9.67. The maximum absolute atomic E-state index is 10.4. The van der Waals surface area contributed by atoms with Crippen LogP contribution in [-0.4, -0.2) is 5.91 Å². The number of hydrogen-bond acceptors (Lipinski definition) is 1. The Balaban J connectivity index is 3.12. The summed E-state index contributed by atoms with van der Waals surface area (Å²) in [7, 11) is 0. The number of unbranched alkanes of at least 4 members (excludes halogenated alkanes) is 16. The van der Waals surface area contributed by atoms with E-state index in [4.69, 9.17) is 5.73 Å². The van der Waals surface area contributed by atoms with Crippen molar-refractivity contribution in [1.82, 2.24) is 0 Å². The van der Waals surface area contributed by atoms with Crippen LogP contribution in [0.1, 0.15) is 116 Å². The first kappa shape index (κ1) is 23.6. The molecule has 2 nitrogen and oxygen atoms in total. The summed E-state index contributed by atoms with van der Waals surface area (Å²) in [6, 6.07) is 0. The second-order valence-electron chi connectivity index (χ2n) is 6.97. The van der Waals surface area contributed by atoms with Crippen LogP contribution in [0.3, 0.4) is 0 Å². The predicted molar refractivity (Wildman–Crippen MR) is 109 cm³/mol. The summed E-state index contributed by atoms with van der Waals surface area (Å²) in [4.78, 5) is 10.4. The SMILES string of the molecule is CCCCCCCCCCCCCCCCCCC#CC#CC(N)=O. The largest absolute Gasteiger partial charge is 0.359 e. The number of carbonyl (C=O) groups is 1. The van der Waals surface area contributed by atoms with Crippen molar-refractivity contribution in [1.29, 1.82) is 0 Å². The highest BCUT2D eigenvalue weighted by Gasteiger charge is 1.94. The van der Waals surface area contributed by atoms with E-state index >= 15 is 0 Å². The summed E-state index contributed by atoms with van der Waals surface area (Å²) in [6.07, 6.45) is 22.9. The van der Waals surface area contributed by atoms with Crippen LogP contribution in [0, 0.1) is 23.7 Å².